The van der Waals surface area contributed by atoms with Crippen LogP contribution in [-0.2, 0) is 0 Å². The molecule has 0 fully saturated rings. The van der Waals surface area contributed by atoms with Crippen molar-refractivity contribution < 1.29 is 0 Å². The normalized spacial score (nSPS) is 11.8. The first-order valence-corrected chi connectivity index (χ1v) is 15.2. The second-order valence-electron chi connectivity index (χ2n) is 10.2. The van der Waals surface area contributed by atoms with Gasteiger partial charge in [-0.3, -0.25) is 0 Å². The van der Waals surface area contributed by atoms with Crippen LogP contribution in [0.1, 0.15) is 156 Å². The van der Waals surface area contributed by atoms with Crippen LogP contribution < -0.4 is 0 Å². The molecule has 0 amide bonds. The van der Waals surface area contributed by atoms with Gasteiger partial charge in [0.25, 0.3) is 0 Å². The molecular weight excluding hydrogens is 388 g/mol. The summed E-state index contributed by atoms with van der Waals surface area (Å²) >= 11 is 0. The Morgan fingerprint density at radius 2 is 0.562 bits per heavy atom. The van der Waals surface area contributed by atoms with Gasteiger partial charge in [0.2, 0.25) is 0 Å². The summed E-state index contributed by atoms with van der Waals surface area (Å²) < 4.78 is 0. The molecular formula is C30H64N2. The number of likely N-dealkylation sites (N-methyl/N-ethyl adjacent to an activating group) is 1. The lowest BCUT2D eigenvalue weighted by molar-refractivity contribution is 0.207. The van der Waals surface area contributed by atoms with Crippen molar-refractivity contribution in [3.8, 4) is 0 Å². The van der Waals surface area contributed by atoms with Gasteiger partial charge in [-0.2, -0.15) is 0 Å². The average Bonchev–Trinajstić information content (AvgIpc) is 2.81. The van der Waals surface area contributed by atoms with Crippen LogP contribution in [0.4, 0.5) is 0 Å². The van der Waals surface area contributed by atoms with Gasteiger partial charge in [0, 0.05) is 13.1 Å². The van der Waals surface area contributed by atoms with Gasteiger partial charge < -0.3 is 9.80 Å². The quantitative estimate of drug-likeness (QED) is 0.114. The molecule has 0 unspecified atom stereocenters. The minimum absolute atomic E-state index is 1.20. The second-order valence-corrected chi connectivity index (χ2v) is 10.2. The largest absolute Gasteiger partial charge is 0.303 e. The van der Waals surface area contributed by atoms with Gasteiger partial charge >= 0.3 is 0 Å². The molecule has 0 aromatic rings. The Morgan fingerprint density at radius 3 is 0.875 bits per heavy atom. The summed E-state index contributed by atoms with van der Waals surface area (Å²) in [6, 6.07) is 0. The third-order valence-electron chi connectivity index (χ3n) is 7.28. The molecule has 0 heterocycles. The van der Waals surface area contributed by atoms with E-state index in [9.17, 15) is 0 Å². The van der Waals surface area contributed by atoms with Crippen LogP contribution >= 0.6 is 0 Å². The number of hydrogen-bond acceptors (Lipinski definition) is 2. The maximum Gasteiger partial charge on any atom is 0.0109 e. The number of rotatable bonds is 27. The van der Waals surface area contributed by atoms with Gasteiger partial charge in [0.1, 0.15) is 0 Å². The molecule has 2 nitrogen and oxygen atoms in total. The molecule has 0 aromatic heterocycles. The minimum Gasteiger partial charge on any atom is -0.303 e. The van der Waals surface area contributed by atoms with Gasteiger partial charge in [-0.15, -0.1) is 0 Å². The molecule has 0 aliphatic carbocycles. The highest BCUT2D eigenvalue weighted by Gasteiger charge is 2.07. The molecule has 0 spiro atoms. The summed E-state index contributed by atoms with van der Waals surface area (Å²) in [4.78, 5) is 5.37. The van der Waals surface area contributed by atoms with Crippen LogP contribution in [0.2, 0.25) is 0 Å². The van der Waals surface area contributed by atoms with E-state index in [0.29, 0.717) is 0 Å². The monoisotopic (exact) mass is 453 g/mol. The van der Waals surface area contributed by atoms with Gasteiger partial charge in [-0.25, -0.2) is 0 Å². The van der Waals surface area contributed by atoms with Crippen molar-refractivity contribution in [1.29, 1.82) is 0 Å². The molecule has 0 saturated heterocycles. The lowest BCUT2D eigenvalue weighted by Gasteiger charge is -2.26. The summed E-state index contributed by atoms with van der Waals surface area (Å²) in [5, 5.41) is 0. The molecule has 0 bridgehead atoms. The van der Waals surface area contributed by atoms with Crippen molar-refractivity contribution in [3.05, 3.63) is 0 Å². The fraction of sp³-hybridized carbons (Fsp3) is 1.00. The van der Waals surface area contributed by atoms with Crippen LogP contribution in [0.25, 0.3) is 0 Å². The van der Waals surface area contributed by atoms with E-state index in [1.807, 2.05) is 0 Å². The van der Waals surface area contributed by atoms with E-state index in [2.05, 4.69) is 37.5 Å². The van der Waals surface area contributed by atoms with Crippen molar-refractivity contribution in [1.82, 2.24) is 9.80 Å². The van der Waals surface area contributed by atoms with Crippen molar-refractivity contribution in [3.63, 3.8) is 0 Å². The number of hydrogen-bond donors (Lipinski definition) is 0. The van der Waals surface area contributed by atoms with E-state index >= 15 is 0 Å². The van der Waals surface area contributed by atoms with Gasteiger partial charge in [0.15, 0.2) is 0 Å². The summed E-state index contributed by atoms with van der Waals surface area (Å²) in [6.45, 7) is 16.8. The lowest BCUT2D eigenvalue weighted by Crippen LogP contribution is -2.36. The summed E-state index contributed by atoms with van der Waals surface area (Å²) in [5.41, 5.74) is 0. The summed E-state index contributed by atoms with van der Waals surface area (Å²) in [6.07, 6.45) is 28.8. The van der Waals surface area contributed by atoms with Crippen molar-refractivity contribution >= 4 is 0 Å². The molecule has 0 saturated carbocycles. The zero-order valence-corrected chi connectivity index (χ0v) is 23.3. The fourth-order valence-electron chi connectivity index (χ4n) is 4.80. The average molecular weight is 453 g/mol. The Morgan fingerprint density at radius 1 is 0.281 bits per heavy atom. The molecule has 2 heteroatoms. The third kappa shape index (κ3) is 23.1. The van der Waals surface area contributed by atoms with E-state index < -0.39 is 0 Å². The van der Waals surface area contributed by atoms with Gasteiger partial charge in [0.05, 0.1) is 0 Å². The number of nitrogens with zero attached hydrogens (tertiary/aromatic N) is 2. The molecule has 0 N–H and O–H groups in total. The molecule has 0 aliphatic rings. The Hall–Kier alpha value is -0.0800. The second kappa shape index (κ2) is 27.2. The van der Waals surface area contributed by atoms with Crippen LogP contribution in [-0.4, -0.2) is 49.1 Å². The van der Waals surface area contributed by atoms with Gasteiger partial charge in [-0.05, 0) is 39.0 Å². The topological polar surface area (TPSA) is 6.48 Å². The van der Waals surface area contributed by atoms with Crippen LogP contribution in [0.3, 0.4) is 0 Å². The van der Waals surface area contributed by atoms with Crippen LogP contribution in [0, 0.1) is 0 Å². The molecule has 0 aromatic carbocycles. The van der Waals surface area contributed by atoms with Crippen molar-refractivity contribution in [2.45, 2.75) is 156 Å². The molecule has 194 valence electrons. The molecule has 32 heavy (non-hydrogen) atoms. The van der Waals surface area contributed by atoms with E-state index in [1.165, 1.54) is 168 Å². The predicted molar refractivity (Wildman–Crippen MR) is 148 cm³/mol. The zero-order chi connectivity index (χ0) is 23.5. The van der Waals surface area contributed by atoms with E-state index in [1.54, 1.807) is 0 Å². The molecule has 0 aliphatic heterocycles. The SMILES string of the molecule is CCCCCCCCCCCCN(CCCCCCCCCCCC)CCN(CC)CC. The lowest BCUT2D eigenvalue weighted by atomic mass is 10.1. The Labute approximate surface area is 205 Å². The van der Waals surface area contributed by atoms with Crippen molar-refractivity contribution in [2.24, 2.45) is 0 Å². The first-order chi connectivity index (χ1) is 15.8. The third-order valence-corrected chi connectivity index (χ3v) is 7.28. The highest BCUT2D eigenvalue weighted by molar-refractivity contribution is 4.63. The van der Waals surface area contributed by atoms with E-state index in [-0.39, 0.29) is 0 Å². The Balaban J connectivity index is 3.84. The molecule has 0 rings (SSSR count). The first kappa shape index (κ1) is 31.9. The Bertz CT molecular complexity index is 303. The van der Waals surface area contributed by atoms with Crippen molar-refractivity contribution in [2.75, 3.05) is 39.3 Å². The predicted octanol–water partition coefficient (Wildman–Crippen LogP) is 9.47. The minimum atomic E-state index is 1.20. The van der Waals surface area contributed by atoms with E-state index in [0.717, 1.165) is 0 Å². The first-order valence-electron chi connectivity index (χ1n) is 15.2. The molecule has 0 radical (unpaired) electrons. The standard InChI is InChI=1S/C30H64N2/c1-5-9-11-13-15-17-19-21-23-25-27-32(30-29-31(7-3)8-4)28-26-24-22-20-18-16-14-12-10-6-2/h5-30H2,1-4H3. The summed E-state index contributed by atoms with van der Waals surface area (Å²) in [7, 11) is 0. The zero-order valence-electron chi connectivity index (χ0n) is 23.3. The Kier molecular flexibility index (Phi) is 27.1. The highest BCUT2D eigenvalue weighted by atomic mass is 15.2. The van der Waals surface area contributed by atoms with E-state index in [4.69, 9.17) is 0 Å². The number of unbranched alkanes of at least 4 members (excludes halogenated alkanes) is 18. The molecule has 0 atom stereocenters. The maximum atomic E-state index is 2.79. The maximum absolute atomic E-state index is 2.79. The van der Waals surface area contributed by atoms with Crippen LogP contribution in [0.15, 0.2) is 0 Å². The summed E-state index contributed by atoms with van der Waals surface area (Å²) in [5.74, 6) is 0. The van der Waals surface area contributed by atoms with Gasteiger partial charge in [-0.1, -0.05) is 143 Å². The smallest absolute Gasteiger partial charge is 0.0109 e. The van der Waals surface area contributed by atoms with Crippen LogP contribution in [0.5, 0.6) is 0 Å². The fourth-order valence-corrected chi connectivity index (χ4v) is 4.80. The highest BCUT2D eigenvalue weighted by Crippen LogP contribution is 2.13.